The van der Waals surface area contributed by atoms with Gasteiger partial charge < -0.3 is 38.4 Å². The lowest BCUT2D eigenvalue weighted by Crippen LogP contribution is -2.55. The quantitative estimate of drug-likeness (QED) is 0.132. The van der Waals surface area contributed by atoms with Crippen LogP contribution in [0.3, 0.4) is 0 Å². The van der Waals surface area contributed by atoms with E-state index in [1.54, 1.807) is 6.26 Å². The van der Waals surface area contributed by atoms with Gasteiger partial charge in [-0.2, -0.15) is 0 Å². The van der Waals surface area contributed by atoms with E-state index in [1.165, 1.54) is 197 Å². The Morgan fingerprint density at radius 2 is 0.755 bits per heavy atom. The highest BCUT2D eigenvalue weighted by atomic mass is 16.5. The molecule has 12 nitrogen and oxygen atoms in total. The van der Waals surface area contributed by atoms with E-state index in [0.717, 1.165) is 170 Å². The highest BCUT2D eigenvalue weighted by Gasteiger charge is 2.67. The van der Waals surface area contributed by atoms with Crippen LogP contribution in [0, 0.1) is 138 Å². The molecule has 0 spiro atoms. The molecule has 32 atom stereocenters. The highest BCUT2D eigenvalue weighted by Crippen LogP contribution is 2.75. The molecule has 5 aromatic rings. The van der Waals surface area contributed by atoms with E-state index < -0.39 is 22.4 Å². The van der Waals surface area contributed by atoms with Gasteiger partial charge in [0.15, 0.2) is 0 Å². The molecular weight excluding hydrogens is 1360 g/mol. The Hall–Kier alpha value is -3.84. The lowest BCUT2D eigenvalue weighted by atomic mass is 9.44. The average Bonchev–Trinajstić information content (AvgIpc) is 1.44. The molecule has 21 rings (SSSR count). The highest BCUT2D eigenvalue weighted by molar-refractivity contribution is 5.41. The van der Waals surface area contributed by atoms with Crippen molar-refractivity contribution in [2.45, 2.75) is 374 Å². The Labute approximate surface area is 662 Å². The van der Waals surface area contributed by atoms with E-state index in [-0.39, 0.29) is 0 Å². The van der Waals surface area contributed by atoms with Crippen molar-refractivity contribution in [1.82, 2.24) is 24.9 Å². The van der Waals surface area contributed by atoms with Crippen LogP contribution in [-0.4, -0.2) is 67.7 Å². The molecule has 4 N–H and O–H groups in total. The van der Waals surface area contributed by atoms with Crippen molar-refractivity contribution in [1.29, 1.82) is 0 Å². The standard InChI is InChI=1S/C27H38N2O.C25H39NO2.2C23H35NO2/c1-25(30)13-14-26(2)18(16-25)7-8-19-20-9-10-22(27(20,3)12-11-21(19)26)23-17-29-15-5-4-6-24(29)28-23;1-5-17-14-22(26-28-17)21-9-8-19-18-7-6-16-15-23(2,27)12-13-24(16,3)20(18)10-11-25(19,21)4;1-21(25)11-12-22(2)15(14-21)4-5-16-17-6-7-19(20-9-13-26-24-20)23(17,3)10-8-18(16)22;1-21(25)11-12-22(2)15(14-21)4-5-16-17-6-7-19(20-9-13-24-26-20)23(17,3)10-8-18(16)22/h4-6,15,17-22,30H,7-14,16H2,1-3H3;14,16,18-21,27H,5-13,15H2,1-4H3;2*9,13,15-19,25H,4-8,10-12,14H2,1-3H3/t18-,19?,20+,21+,22-,25-,26+,27+;16-,18+,19+,20+,21-,23-,24+,25+;2*15-,16+,17+,18+,19-,21-,22+,23+/m1111/s1. The molecule has 12 heteroatoms. The fourth-order valence-electron chi connectivity index (χ4n) is 34.2. The van der Waals surface area contributed by atoms with Gasteiger partial charge in [-0.25, -0.2) is 4.98 Å². The van der Waals surface area contributed by atoms with Gasteiger partial charge >= 0.3 is 0 Å². The second-order valence-corrected chi connectivity index (χ2v) is 45.7. The minimum atomic E-state index is -0.429. The number of hydrogen-bond acceptors (Lipinski definition) is 11. The molecular formula is C98H147N5O7. The Kier molecular flexibility index (Phi) is 19.4. The number of rotatable bonds is 5. The van der Waals surface area contributed by atoms with Crippen LogP contribution in [0.25, 0.3) is 5.65 Å². The van der Waals surface area contributed by atoms with E-state index in [1.807, 2.05) is 6.20 Å². The fourth-order valence-corrected chi connectivity index (χ4v) is 34.2. The van der Waals surface area contributed by atoms with Crippen LogP contribution in [0.15, 0.2) is 74.8 Å². The largest absolute Gasteiger partial charge is 0.390 e. The Bertz CT molecular complexity index is 3910. The van der Waals surface area contributed by atoms with E-state index >= 15 is 0 Å². The van der Waals surface area contributed by atoms with E-state index in [0.29, 0.717) is 67.0 Å². The van der Waals surface area contributed by atoms with Crippen molar-refractivity contribution >= 4 is 5.65 Å². The van der Waals surface area contributed by atoms with Gasteiger partial charge in [0.25, 0.3) is 0 Å². The molecule has 5 heterocycles. The summed E-state index contributed by atoms with van der Waals surface area (Å²) in [6, 6.07) is 12.8. The summed E-state index contributed by atoms with van der Waals surface area (Å²) in [4.78, 5) is 5.07. The van der Waals surface area contributed by atoms with Crippen molar-refractivity contribution < 1.29 is 34.0 Å². The van der Waals surface area contributed by atoms with Crippen molar-refractivity contribution in [2.75, 3.05) is 0 Å². The smallest absolute Gasteiger partial charge is 0.140 e. The topological polar surface area (TPSA) is 176 Å². The van der Waals surface area contributed by atoms with Crippen LogP contribution in [0.2, 0.25) is 0 Å². The summed E-state index contributed by atoms with van der Waals surface area (Å²) >= 11 is 0. The minimum absolute atomic E-state index is 0.393. The monoisotopic (exact) mass is 1510 g/mol. The maximum absolute atomic E-state index is 10.7. The summed E-state index contributed by atoms with van der Waals surface area (Å²) in [5, 5.41) is 55.5. The average molecular weight is 1510 g/mol. The molecule has 110 heavy (non-hydrogen) atoms. The summed E-state index contributed by atoms with van der Waals surface area (Å²) in [7, 11) is 0. The van der Waals surface area contributed by atoms with Crippen molar-refractivity contribution in [3.05, 3.63) is 89.9 Å². The molecule has 0 aromatic carbocycles. The first kappa shape index (κ1) is 77.4. The van der Waals surface area contributed by atoms with Crippen LogP contribution < -0.4 is 0 Å². The van der Waals surface area contributed by atoms with Gasteiger partial charge in [-0.1, -0.05) is 83.8 Å². The van der Waals surface area contributed by atoms with Gasteiger partial charge in [0.05, 0.1) is 45.7 Å². The fraction of sp³-hybridized carbons (Fsp3) is 0.837. The third kappa shape index (κ3) is 12.6. The summed E-state index contributed by atoms with van der Waals surface area (Å²) in [5.41, 5.74) is 6.56. The number of hydrogen-bond donors (Lipinski definition) is 4. The number of imidazole rings is 1. The zero-order valence-electron chi connectivity index (χ0n) is 70.7. The van der Waals surface area contributed by atoms with Crippen molar-refractivity contribution in [3.63, 3.8) is 0 Å². The summed E-state index contributed by atoms with van der Waals surface area (Å²) < 4.78 is 18.6. The van der Waals surface area contributed by atoms with Crippen molar-refractivity contribution in [2.24, 2.45) is 138 Å². The predicted octanol–water partition coefficient (Wildman–Crippen LogP) is 23.4. The van der Waals surface area contributed by atoms with E-state index in [4.69, 9.17) is 18.6 Å². The zero-order chi connectivity index (χ0) is 76.8. The predicted molar refractivity (Wildman–Crippen MR) is 434 cm³/mol. The van der Waals surface area contributed by atoms with Gasteiger partial charge in [-0.05, 0) is 409 Å². The maximum atomic E-state index is 10.7. The zero-order valence-corrected chi connectivity index (χ0v) is 70.7. The number of aliphatic hydroxyl groups is 4. The van der Waals surface area contributed by atoms with Crippen LogP contribution in [0.4, 0.5) is 0 Å². The first-order valence-electron chi connectivity index (χ1n) is 46.3. The lowest BCUT2D eigenvalue weighted by molar-refractivity contribution is -0.144. The number of pyridine rings is 1. The summed E-state index contributed by atoms with van der Waals surface area (Å²) in [6.45, 7) is 31.1. The molecule has 0 saturated heterocycles. The van der Waals surface area contributed by atoms with Gasteiger partial charge in [-0.3, -0.25) is 0 Å². The Balaban J connectivity index is 0.000000103. The number of aryl methyl sites for hydroxylation is 1. The van der Waals surface area contributed by atoms with E-state index in [9.17, 15) is 20.4 Å². The number of nitrogens with zero attached hydrogens (tertiary/aromatic N) is 5. The Morgan fingerprint density at radius 3 is 1.12 bits per heavy atom. The second kappa shape index (κ2) is 27.6. The summed E-state index contributed by atoms with van der Waals surface area (Å²) in [5.74, 6) is 17.8. The molecule has 5 aromatic heterocycles. The van der Waals surface area contributed by atoms with Crippen molar-refractivity contribution in [3.8, 4) is 0 Å². The molecule has 0 radical (unpaired) electrons. The molecule has 606 valence electrons. The molecule has 16 aliphatic carbocycles. The van der Waals surface area contributed by atoms with E-state index in [2.05, 4.69) is 159 Å². The van der Waals surface area contributed by atoms with Crippen LogP contribution in [0.1, 0.15) is 373 Å². The third-order valence-corrected chi connectivity index (χ3v) is 40.5. The van der Waals surface area contributed by atoms with Gasteiger partial charge in [-0.15, -0.1) is 0 Å². The number of aromatic nitrogens is 5. The van der Waals surface area contributed by atoms with Crippen LogP contribution in [-0.2, 0) is 6.42 Å². The first-order chi connectivity index (χ1) is 52.2. The SMILES string of the molecule is CCc1cc([C@H]2CC[C@H]3[C@@H]4CC[C@@H]5C[C@](C)(O)CC[C@]5(C)[C@H]4CC[C@]23C)no1.C[C@@]1(O)CC[C@@]2(C)[C@H](CCC3[C@@H]2CC[C@]2(C)[C@@H](c4cn5ccccc5n4)CC[C@@H]32)C1.C[C@@]1(O)CC[C@@]2(C)[C@H](CC[C@@H]3[C@@H]2CC[C@]2(C)[C@@H](c4ccno4)CC[C@@H]32)C1.C[C@@]1(O)CC[C@@]2(C)[C@H](CC[C@@H]3[C@@H]2CC[C@]2(C)[C@@H](c4ccon4)CC[C@@H]32)C1. The summed E-state index contributed by atoms with van der Waals surface area (Å²) in [6.07, 6.45) is 54.3. The molecule has 16 saturated carbocycles. The molecule has 16 aliphatic rings. The Morgan fingerprint density at radius 1 is 0.373 bits per heavy atom. The number of fused-ring (bicyclic) bond motifs is 21. The van der Waals surface area contributed by atoms with Gasteiger partial charge in [0.2, 0.25) is 0 Å². The molecule has 0 bridgehead atoms. The van der Waals surface area contributed by atoms with Crippen LogP contribution in [0.5, 0.6) is 0 Å². The van der Waals surface area contributed by atoms with Gasteiger partial charge in [0.1, 0.15) is 23.4 Å². The molecule has 0 amide bonds. The third-order valence-electron chi connectivity index (χ3n) is 40.5. The molecule has 1 unspecified atom stereocenters. The molecule has 0 aliphatic heterocycles. The first-order valence-corrected chi connectivity index (χ1v) is 46.3. The second-order valence-electron chi connectivity index (χ2n) is 45.7. The van der Waals surface area contributed by atoms with Gasteiger partial charge in [0, 0.05) is 60.7 Å². The maximum Gasteiger partial charge on any atom is 0.140 e. The lowest BCUT2D eigenvalue weighted by Gasteiger charge is -2.61. The minimum Gasteiger partial charge on any atom is -0.390 e. The van der Waals surface area contributed by atoms with Crippen LogP contribution >= 0.6 is 0 Å². The molecule has 16 fully saturated rings. The normalized spacial score (nSPS) is 51.4.